The van der Waals surface area contributed by atoms with Gasteiger partial charge in [-0.15, -0.1) is 0 Å². The molecule has 2 atom stereocenters. The van der Waals surface area contributed by atoms with Crippen LogP contribution >= 0.6 is 0 Å². The van der Waals surface area contributed by atoms with Gasteiger partial charge in [0.15, 0.2) is 0 Å². The first-order chi connectivity index (χ1) is 8.31. The summed E-state index contributed by atoms with van der Waals surface area (Å²) in [7, 11) is 2.00. The number of ether oxygens (including phenoxy) is 1. The summed E-state index contributed by atoms with van der Waals surface area (Å²) < 4.78 is 7.79. The molecule has 1 saturated carbocycles. The number of aromatic nitrogens is 2. The van der Waals surface area contributed by atoms with Crippen LogP contribution in [0.25, 0.3) is 0 Å². The van der Waals surface area contributed by atoms with Crippen molar-refractivity contribution in [1.29, 1.82) is 0 Å². The van der Waals surface area contributed by atoms with Crippen molar-refractivity contribution >= 4 is 0 Å². The Labute approximate surface area is 103 Å². The molecule has 0 bridgehead atoms. The summed E-state index contributed by atoms with van der Waals surface area (Å²) in [5, 5.41) is 0. The van der Waals surface area contributed by atoms with E-state index in [-0.39, 0.29) is 0 Å². The Morgan fingerprint density at radius 3 is 2.82 bits per heavy atom. The molecule has 2 N–H and O–H groups in total. The monoisotopic (exact) mass is 237 g/mol. The summed E-state index contributed by atoms with van der Waals surface area (Å²) >= 11 is 0. The number of rotatable bonds is 5. The predicted molar refractivity (Wildman–Crippen MR) is 67.4 cm³/mol. The fraction of sp³-hybridized carbons (Fsp3) is 0.769. The van der Waals surface area contributed by atoms with Crippen LogP contribution in [0.2, 0.25) is 0 Å². The Balaban J connectivity index is 1.75. The molecular weight excluding hydrogens is 214 g/mol. The van der Waals surface area contributed by atoms with Gasteiger partial charge in [-0.3, -0.25) is 0 Å². The Bertz CT molecular complexity index is 337. The molecule has 4 heteroatoms. The van der Waals surface area contributed by atoms with E-state index in [4.69, 9.17) is 10.5 Å². The van der Waals surface area contributed by atoms with Crippen molar-refractivity contribution in [3.63, 3.8) is 0 Å². The molecule has 0 aromatic carbocycles. The normalized spacial score (nSPS) is 25.1. The molecular formula is C13H23N3O. The third kappa shape index (κ3) is 3.30. The first-order valence-corrected chi connectivity index (χ1v) is 6.55. The van der Waals surface area contributed by atoms with E-state index in [1.807, 2.05) is 24.0 Å². The van der Waals surface area contributed by atoms with Crippen molar-refractivity contribution in [3.8, 4) is 0 Å². The largest absolute Gasteiger partial charge is 0.373 e. The van der Waals surface area contributed by atoms with Crippen molar-refractivity contribution < 1.29 is 4.74 Å². The van der Waals surface area contributed by atoms with Crippen molar-refractivity contribution in [2.24, 2.45) is 24.6 Å². The molecule has 0 saturated heterocycles. The molecule has 0 radical (unpaired) electrons. The summed E-state index contributed by atoms with van der Waals surface area (Å²) in [6.45, 7) is 2.24. The molecule has 2 unspecified atom stereocenters. The van der Waals surface area contributed by atoms with Gasteiger partial charge in [0.25, 0.3) is 0 Å². The summed E-state index contributed by atoms with van der Waals surface area (Å²) in [5.74, 6) is 2.30. The lowest BCUT2D eigenvalue weighted by molar-refractivity contribution is 0.0471. The Kier molecular flexibility index (Phi) is 4.57. The molecule has 0 aliphatic heterocycles. The van der Waals surface area contributed by atoms with Crippen molar-refractivity contribution in [3.05, 3.63) is 18.2 Å². The van der Waals surface area contributed by atoms with Crippen molar-refractivity contribution in [2.45, 2.75) is 32.3 Å². The Hall–Kier alpha value is -0.870. The average Bonchev–Trinajstić information content (AvgIpc) is 2.76. The standard InChI is InChI=1S/C13H23N3O/c1-16-7-6-15-13(16)10-17-9-12-5-3-2-4-11(12)8-14/h6-7,11-12H,2-5,8-10,14H2,1H3. The molecule has 2 rings (SSSR count). The third-order valence-electron chi connectivity index (χ3n) is 3.85. The average molecular weight is 237 g/mol. The number of aryl methyl sites for hydroxylation is 1. The van der Waals surface area contributed by atoms with E-state index in [1.165, 1.54) is 25.7 Å². The molecule has 0 amide bonds. The highest BCUT2D eigenvalue weighted by Crippen LogP contribution is 2.29. The highest BCUT2D eigenvalue weighted by molar-refractivity contribution is 4.88. The minimum Gasteiger partial charge on any atom is -0.373 e. The molecule has 1 aromatic rings. The van der Waals surface area contributed by atoms with Crippen LogP contribution in [-0.2, 0) is 18.4 Å². The lowest BCUT2D eigenvalue weighted by Gasteiger charge is -2.30. The summed E-state index contributed by atoms with van der Waals surface area (Å²) in [6, 6.07) is 0. The van der Waals surface area contributed by atoms with Gasteiger partial charge in [0.05, 0.1) is 6.61 Å². The first-order valence-electron chi connectivity index (χ1n) is 6.55. The molecule has 4 nitrogen and oxygen atoms in total. The predicted octanol–water partition coefficient (Wildman–Crippen LogP) is 1.70. The molecule has 1 aliphatic carbocycles. The van der Waals surface area contributed by atoms with Gasteiger partial charge in [0.1, 0.15) is 12.4 Å². The second-order valence-corrected chi connectivity index (χ2v) is 5.01. The summed E-state index contributed by atoms with van der Waals surface area (Å²) in [5.41, 5.74) is 5.81. The number of nitrogens with two attached hydrogens (primary N) is 1. The number of nitrogens with zero attached hydrogens (tertiary/aromatic N) is 2. The molecule has 1 aromatic heterocycles. The van der Waals surface area contributed by atoms with Crippen LogP contribution in [0.3, 0.4) is 0 Å². The fourth-order valence-corrected chi connectivity index (χ4v) is 2.65. The highest BCUT2D eigenvalue weighted by atomic mass is 16.5. The Morgan fingerprint density at radius 1 is 1.41 bits per heavy atom. The molecule has 17 heavy (non-hydrogen) atoms. The van der Waals surface area contributed by atoms with Gasteiger partial charge in [0, 0.05) is 19.4 Å². The molecule has 1 fully saturated rings. The van der Waals surface area contributed by atoms with E-state index in [9.17, 15) is 0 Å². The SMILES string of the molecule is Cn1ccnc1COCC1CCCCC1CN. The maximum Gasteiger partial charge on any atom is 0.134 e. The number of imidazole rings is 1. The van der Waals surface area contributed by atoms with E-state index in [2.05, 4.69) is 4.98 Å². The third-order valence-corrected chi connectivity index (χ3v) is 3.85. The highest BCUT2D eigenvalue weighted by Gasteiger charge is 2.23. The maximum atomic E-state index is 5.81. The van der Waals surface area contributed by atoms with Crippen LogP contribution < -0.4 is 5.73 Å². The van der Waals surface area contributed by atoms with E-state index in [1.54, 1.807) is 0 Å². The topological polar surface area (TPSA) is 53.1 Å². The van der Waals surface area contributed by atoms with Crippen molar-refractivity contribution in [1.82, 2.24) is 9.55 Å². The first kappa shape index (κ1) is 12.6. The van der Waals surface area contributed by atoms with Gasteiger partial charge in [-0.1, -0.05) is 12.8 Å². The Morgan fingerprint density at radius 2 is 2.18 bits per heavy atom. The zero-order valence-electron chi connectivity index (χ0n) is 10.6. The molecule has 96 valence electrons. The van der Waals surface area contributed by atoms with Crippen molar-refractivity contribution in [2.75, 3.05) is 13.2 Å². The van der Waals surface area contributed by atoms with Crippen LogP contribution in [0.1, 0.15) is 31.5 Å². The van der Waals surface area contributed by atoms with E-state index < -0.39 is 0 Å². The summed E-state index contributed by atoms with van der Waals surface area (Å²) in [6.07, 6.45) is 8.95. The lowest BCUT2D eigenvalue weighted by atomic mass is 9.80. The van der Waals surface area contributed by atoms with Crippen LogP contribution in [0.4, 0.5) is 0 Å². The second-order valence-electron chi connectivity index (χ2n) is 5.01. The van der Waals surface area contributed by atoms with E-state index in [0.29, 0.717) is 18.4 Å². The van der Waals surface area contributed by atoms with Crippen LogP contribution in [0.15, 0.2) is 12.4 Å². The minimum atomic E-state index is 0.608. The van der Waals surface area contributed by atoms with Gasteiger partial charge >= 0.3 is 0 Å². The maximum absolute atomic E-state index is 5.81. The van der Waals surface area contributed by atoms with Gasteiger partial charge in [-0.05, 0) is 31.2 Å². The van der Waals surface area contributed by atoms with Crippen LogP contribution in [-0.4, -0.2) is 22.7 Å². The smallest absolute Gasteiger partial charge is 0.134 e. The number of hydrogen-bond donors (Lipinski definition) is 1. The zero-order valence-corrected chi connectivity index (χ0v) is 10.6. The minimum absolute atomic E-state index is 0.608. The zero-order chi connectivity index (χ0) is 12.1. The molecule has 1 aliphatic rings. The fourth-order valence-electron chi connectivity index (χ4n) is 2.65. The molecule has 1 heterocycles. The van der Waals surface area contributed by atoms with Gasteiger partial charge in [-0.2, -0.15) is 0 Å². The van der Waals surface area contributed by atoms with Crippen LogP contribution in [0, 0.1) is 11.8 Å². The van der Waals surface area contributed by atoms with Crippen LogP contribution in [0.5, 0.6) is 0 Å². The number of hydrogen-bond acceptors (Lipinski definition) is 3. The van der Waals surface area contributed by atoms with E-state index in [0.717, 1.165) is 19.0 Å². The van der Waals surface area contributed by atoms with Gasteiger partial charge in [-0.25, -0.2) is 4.98 Å². The lowest BCUT2D eigenvalue weighted by Crippen LogP contribution is -2.29. The van der Waals surface area contributed by atoms with Gasteiger partial charge in [0.2, 0.25) is 0 Å². The van der Waals surface area contributed by atoms with E-state index >= 15 is 0 Å². The second kappa shape index (κ2) is 6.17. The summed E-state index contributed by atoms with van der Waals surface area (Å²) in [4.78, 5) is 4.25. The quantitative estimate of drug-likeness (QED) is 0.848. The van der Waals surface area contributed by atoms with Gasteiger partial charge < -0.3 is 15.0 Å². The molecule has 0 spiro atoms.